The highest BCUT2D eigenvalue weighted by Crippen LogP contribution is 2.37. The molecule has 26 heavy (non-hydrogen) atoms. The average Bonchev–Trinajstić information content (AvgIpc) is 3.01. The number of carbonyl (C=O) groups is 2. The molecule has 0 aliphatic carbocycles. The Labute approximate surface area is 156 Å². The third kappa shape index (κ3) is 3.41. The summed E-state index contributed by atoms with van der Waals surface area (Å²) in [5.41, 5.74) is 3.27. The van der Waals surface area contributed by atoms with Crippen molar-refractivity contribution in [3.8, 4) is 11.1 Å². The number of rotatable bonds is 4. The quantitative estimate of drug-likeness (QED) is 0.691. The van der Waals surface area contributed by atoms with Gasteiger partial charge in [0.1, 0.15) is 0 Å². The van der Waals surface area contributed by atoms with Crippen LogP contribution >= 0.6 is 11.8 Å². The molecular formula is C22H17NO2S. The lowest BCUT2D eigenvalue weighted by Gasteiger charge is -2.13. The van der Waals surface area contributed by atoms with Crippen molar-refractivity contribution in [2.24, 2.45) is 0 Å². The minimum Gasteiger partial charge on any atom is -0.296 e. The fourth-order valence-electron chi connectivity index (χ4n) is 3.14. The maximum Gasteiger partial charge on any atom is 0.234 e. The molecule has 1 aliphatic heterocycles. The van der Waals surface area contributed by atoms with E-state index in [0.29, 0.717) is 0 Å². The van der Waals surface area contributed by atoms with E-state index in [4.69, 9.17) is 0 Å². The Balaban J connectivity index is 1.58. The lowest BCUT2D eigenvalue weighted by atomic mass is 9.98. The van der Waals surface area contributed by atoms with Crippen molar-refractivity contribution in [3.05, 3.63) is 84.4 Å². The van der Waals surface area contributed by atoms with Gasteiger partial charge in [0.15, 0.2) is 0 Å². The lowest BCUT2D eigenvalue weighted by Crippen LogP contribution is -2.21. The van der Waals surface area contributed by atoms with Gasteiger partial charge in [-0.3, -0.25) is 14.9 Å². The van der Waals surface area contributed by atoms with Gasteiger partial charge in [-0.25, -0.2) is 0 Å². The van der Waals surface area contributed by atoms with Gasteiger partial charge >= 0.3 is 0 Å². The topological polar surface area (TPSA) is 46.2 Å². The Morgan fingerprint density at radius 3 is 2.12 bits per heavy atom. The van der Waals surface area contributed by atoms with Crippen LogP contribution in [0, 0.1) is 0 Å². The summed E-state index contributed by atoms with van der Waals surface area (Å²) in [7, 11) is 0. The fraction of sp³-hybridized carbons (Fsp3) is 0.0909. The molecule has 1 saturated heterocycles. The molecule has 2 amide bonds. The minimum atomic E-state index is -0.394. The highest BCUT2D eigenvalue weighted by atomic mass is 32.2. The van der Waals surface area contributed by atoms with Crippen molar-refractivity contribution < 1.29 is 9.59 Å². The van der Waals surface area contributed by atoms with Gasteiger partial charge < -0.3 is 0 Å². The van der Waals surface area contributed by atoms with Crippen LogP contribution in [0.3, 0.4) is 0 Å². The van der Waals surface area contributed by atoms with Gasteiger partial charge in [0, 0.05) is 16.2 Å². The Morgan fingerprint density at radius 2 is 1.42 bits per heavy atom. The number of hydrogen-bond donors (Lipinski definition) is 1. The summed E-state index contributed by atoms with van der Waals surface area (Å²) in [4.78, 5) is 25.7. The van der Waals surface area contributed by atoms with E-state index < -0.39 is 5.92 Å². The molecule has 4 rings (SSSR count). The highest BCUT2D eigenvalue weighted by molar-refractivity contribution is 7.99. The van der Waals surface area contributed by atoms with E-state index in [1.165, 1.54) is 11.1 Å². The molecule has 1 atom stereocenters. The number of imide groups is 1. The first-order valence-corrected chi connectivity index (χ1v) is 9.28. The van der Waals surface area contributed by atoms with Crippen molar-refractivity contribution in [2.75, 3.05) is 0 Å². The molecule has 1 N–H and O–H groups in total. The summed E-state index contributed by atoms with van der Waals surface area (Å²) < 4.78 is 0. The van der Waals surface area contributed by atoms with Crippen LogP contribution in [-0.4, -0.2) is 11.8 Å². The van der Waals surface area contributed by atoms with Gasteiger partial charge in [-0.2, -0.15) is 0 Å². The van der Waals surface area contributed by atoms with E-state index in [2.05, 4.69) is 41.7 Å². The van der Waals surface area contributed by atoms with Crippen LogP contribution in [0.15, 0.2) is 88.7 Å². The third-order valence-electron chi connectivity index (χ3n) is 4.45. The van der Waals surface area contributed by atoms with Gasteiger partial charge in [-0.1, -0.05) is 72.4 Å². The van der Waals surface area contributed by atoms with Crippen molar-refractivity contribution in [2.45, 2.75) is 22.1 Å². The molecule has 0 spiro atoms. The first kappa shape index (κ1) is 16.6. The largest absolute Gasteiger partial charge is 0.296 e. The summed E-state index contributed by atoms with van der Waals surface area (Å²) in [6.45, 7) is 0. The van der Waals surface area contributed by atoms with E-state index in [9.17, 15) is 9.59 Å². The zero-order valence-electron chi connectivity index (χ0n) is 14.0. The van der Waals surface area contributed by atoms with E-state index in [1.54, 1.807) is 11.8 Å². The summed E-state index contributed by atoms with van der Waals surface area (Å²) in [5.74, 6) is -0.802. The fourth-order valence-corrected chi connectivity index (χ4v) is 4.14. The number of benzene rings is 3. The summed E-state index contributed by atoms with van der Waals surface area (Å²) >= 11 is 1.62. The Morgan fingerprint density at radius 1 is 0.769 bits per heavy atom. The number of hydrogen-bond acceptors (Lipinski definition) is 3. The molecule has 4 heteroatoms. The number of amides is 2. The Kier molecular flexibility index (Phi) is 4.59. The molecule has 3 nitrogen and oxygen atoms in total. The van der Waals surface area contributed by atoms with Crippen LogP contribution in [0.5, 0.6) is 0 Å². The van der Waals surface area contributed by atoms with Crippen LogP contribution in [0.1, 0.15) is 17.9 Å². The molecule has 1 aliphatic rings. The van der Waals surface area contributed by atoms with Crippen molar-refractivity contribution in [1.82, 2.24) is 5.32 Å². The summed E-state index contributed by atoms with van der Waals surface area (Å²) in [5, 5.41) is 2.39. The van der Waals surface area contributed by atoms with Gasteiger partial charge in [0.05, 0.1) is 5.92 Å². The second-order valence-electron chi connectivity index (χ2n) is 6.20. The average molecular weight is 359 g/mol. The summed E-state index contributed by atoms with van der Waals surface area (Å²) in [6.07, 6.45) is 0.226. The zero-order valence-corrected chi connectivity index (χ0v) is 14.8. The molecule has 0 bridgehead atoms. The van der Waals surface area contributed by atoms with E-state index >= 15 is 0 Å². The van der Waals surface area contributed by atoms with Crippen molar-refractivity contribution in [1.29, 1.82) is 0 Å². The second kappa shape index (κ2) is 7.18. The molecule has 0 saturated carbocycles. The second-order valence-corrected chi connectivity index (χ2v) is 7.31. The smallest absolute Gasteiger partial charge is 0.234 e. The van der Waals surface area contributed by atoms with E-state index in [0.717, 1.165) is 15.4 Å². The number of carbonyl (C=O) groups excluding carboxylic acids is 2. The highest BCUT2D eigenvalue weighted by Gasteiger charge is 2.33. The molecule has 1 heterocycles. The first-order valence-electron chi connectivity index (χ1n) is 8.47. The molecule has 3 aromatic rings. The third-order valence-corrected chi connectivity index (χ3v) is 5.55. The molecular weight excluding hydrogens is 342 g/mol. The predicted octanol–water partition coefficient (Wildman–Crippen LogP) is 4.63. The zero-order chi connectivity index (χ0) is 17.9. The standard InChI is InChI=1S/C22H17NO2S/c24-21-14-19(22(25)23-21)18-8-4-5-9-20(18)26-17-12-10-16(11-13-17)15-6-2-1-3-7-15/h1-13,19H,14H2,(H,23,24,25). The van der Waals surface area contributed by atoms with E-state index in [1.807, 2.05) is 42.5 Å². The van der Waals surface area contributed by atoms with E-state index in [-0.39, 0.29) is 18.2 Å². The van der Waals surface area contributed by atoms with Gasteiger partial charge in [0.2, 0.25) is 11.8 Å². The molecule has 0 aromatic heterocycles. The molecule has 0 radical (unpaired) electrons. The molecule has 128 valence electrons. The van der Waals surface area contributed by atoms with Crippen LogP contribution in [0.2, 0.25) is 0 Å². The maximum atomic E-state index is 12.1. The van der Waals surface area contributed by atoms with Crippen molar-refractivity contribution >= 4 is 23.6 Å². The van der Waals surface area contributed by atoms with Crippen LogP contribution in [0.25, 0.3) is 11.1 Å². The first-order chi connectivity index (χ1) is 12.7. The van der Waals surface area contributed by atoms with Crippen LogP contribution < -0.4 is 5.32 Å². The molecule has 3 aromatic carbocycles. The van der Waals surface area contributed by atoms with Gasteiger partial charge in [-0.05, 0) is 34.9 Å². The molecule has 1 fully saturated rings. The Bertz CT molecular complexity index is 951. The number of nitrogens with one attached hydrogen (secondary N) is 1. The monoisotopic (exact) mass is 359 g/mol. The summed E-state index contributed by atoms with van der Waals surface area (Å²) in [6, 6.07) is 26.4. The van der Waals surface area contributed by atoms with Gasteiger partial charge in [-0.15, -0.1) is 0 Å². The molecule has 1 unspecified atom stereocenters. The van der Waals surface area contributed by atoms with Crippen LogP contribution in [-0.2, 0) is 9.59 Å². The SMILES string of the molecule is O=C1CC(c2ccccc2Sc2ccc(-c3ccccc3)cc2)C(=O)N1. The van der Waals surface area contributed by atoms with Crippen molar-refractivity contribution in [3.63, 3.8) is 0 Å². The maximum absolute atomic E-state index is 12.1. The minimum absolute atomic E-state index is 0.202. The Hall–Kier alpha value is -2.85. The predicted molar refractivity (Wildman–Crippen MR) is 103 cm³/mol. The van der Waals surface area contributed by atoms with Gasteiger partial charge in [0.25, 0.3) is 0 Å². The van der Waals surface area contributed by atoms with Crippen LogP contribution in [0.4, 0.5) is 0 Å². The lowest BCUT2D eigenvalue weighted by molar-refractivity contribution is -0.125. The normalized spacial score (nSPS) is 16.5.